The monoisotopic (exact) mass is 285 g/mol. The van der Waals surface area contributed by atoms with Gasteiger partial charge in [-0.05, 0) is 31.5 Å². The lowest BCUT2D eigenvalue weighted by molar-refractivity contribution is 0.118. The average molecular weight is 285 g/mol. The van der Waals surface area contributed by atoms with E-state index in [2.05, 4.69) is 4.90 Å². The molecule has 1 heterocycles. The Bertz CT molecular complexity index is 574. The lowest BCUT2D eigenvalue weighted by atomic mass is 10.1. The van der Waals surface area contributed by atoms with E-state index < -0.39 is 10.0 Å². The molecule has 4 N–H and O–H groups in total. The quantitative estimate of drug-likeness (QED) is 0.789. The third-order valence-electron chi connectivity index (χ3n) is 3.54. The van der Waals surface area contributed by atoms with Crippen molar-refractivity contribution in [1.29, 1.82) is 0 Å². The summed E-state index contributed by atoms with van der Waals surface area (Å²) in [5.74, 6) is 0. The molecule has 0 bridgehead atoms. The largest absolute Gasteiger partial charge is 0.398 e. The van der Waals surface area contributed by atoms with Crippen LogP contribution >= 0.6 is 0 Å². The Labute approximate surface area is 113 Å². The van der Waals surface area contributed by atoms with Gasteiger partial charge < -0.3 is 15.4 Å². The van der Waals surface area contributed by atoms with E-state index in [4.69, 9.17) is 15.6 Å². The minimum atomic E-state index is -3.77. The van der Waals surface area contributed by atoms with Crippen LogP contribution in [0.4, 0.5) is 11.4 Å². The summed E-state index contributed by atoms with van der Waals surface area (Å²) < 4.78 is 28.1. The summed E-state index contributed by atoms with van der Waals surface area (Å²) >= 11 is 0. The smallest absolute Gasteiger partial charge is 0.240 e. The van der Waals surface area contributed by atoms with Crippen LogP contribution in [-0.4, -0.2) is 34.2 Å². The number of nitrogen functional groups attached to an aromatic ring is 1. The van der Waals surface area contributed by atoms with Gasteiger partial charge in [0.25, 0.3) is 0 Å². The highest BCUT2D eigenvalue weighted by atomic mass is 32.2. The molecule has 1 fully saturated rings. The molecule has 7 heteroatoms. The predicted molar refractivity (Wildman–Crippen MR) is 74.4 cm³/mol. The van der Waals surface area contributed by atoms with Gasteiger partial charge in [-0.3, -0.25) is 0 Å². The number of hydrogen-bond acceptors (Lipinski definition) is 5. The molecule has 1 aromatic rings. The van der Waals surface area contributed by atoms with Crippen LogP contribution in [0.25, 0.3) is 0 Å². The van der Waals surface area contributed by atoms with E-state index >= 15 is 0 Å². The highest BCUT2D eigenvalue weighted by molar-refractivity contribution is 7.89. The van der Waals surface area contributed by atoms with Crippen LogP contribution in [0.1, 0.15) is 13.3 Å². The van der Waals surface area contributed by atoms with E-state index in [0.717, 1.165) is 18.7 Å². The number of hydrogen-bond donors (Lipinski definition) is 2. The zero-order valence-corrected chi connectivity index (χ0v) is 11.9. The van der Waals surface area contributed by atoms with Crippen LogP contribution in [-0.2, 0) is 14.8 Å². The zero-order valence-electron chi connectivity index (χ0n) is 11.0. The number of nitrogens with zero attached hydrogens (tertiary/aromatic N) is 1. The Kier molecular flexibility index (Phi) is 3.71. The Hall–Kier alpha value is -1.31. The van der Waals surface area contributed by atoms with Crippen molar-refractivity contribution in [1.82, 2.24) is 0 Å². The van der Waals surface area contributed by atoms with Crippen LogP contribution in [0.2, 0.25) is 0 Å². The molecule has 0 radical (unpaired) electrons. The molecular weight excluding hydrogens is 266 g/mol. The van der Waals surface area contributed by atoms with Crippen LogP contribution in [0.5, 0.6) is 0 Å². The van der Waals surface area contributed by atoms with Crippen molar-refractivity contribution in [3.63, 3.8) is 0 Å². The standard InChI is InChI=1S/C12H19N3O3S/c1-8-11(5-6-18-8)15(2)9-3-4-12(10(13)7-9)19(14,16)17/h3-4,7-8,11H,5-6,13H2,1-2H3,(H2,14,16,17). The van der Waals surface area contributed by atoms with Gasteiger partial charge in [0.15, 0.2) is 0 Å². The first-order chi connectivity index (χ1) is 8.80. The fourth-order valence-electron chi connectivity index (χ4n) is 2.43. The molecule has 0 amide bonds. The number of ether oxygens (including phenoxy) is 1. The van der Waals surface area contributed by atoms with Gasteiger partial charge in [-0.15, -0.1) is 0 Å². The number of benzene rings is 1. The van der Waals surface area contributed by atoms with E-state index in [-0.39, 0.29) is 22.7 Å². The van der Waals surface area contributed by atoms with E-state index in [1.54, 1.807) is 12.1 Å². The van der Waals surface area contributed by atoms with Crippen molar-refractivity contribution in [3.05, 3.63) is 18.2 Å². The number of primary sulfonamides is 1. The minimum Gasteiger partial charge on any atom is -0.398 e. The fourth-order valence-corrected chi connectivity index (χ4v) is 3.08. The fraction of sp³-hybridized carbons (Fsp3) is 0.500. The summed E-state index contributed by atoms with van der Waals surface area (Å²) in [7, 11) is -1.83. The molecule has 2 unspecified atom stereocenters. The summed E-state index contributed by atoms with van der Waals surface area (Å²) in [4.78, 5) is 2.02. The third-order valence-corrected chi connectivity index (χ3v) is 4.53. The van der Waals surface area contributed by atoms with E-state index in [9.17, 15) is 8.42 Å². The van der Waals surface area contributed by atoms with Crippen molar-refractivity contribution in [2.45, 2.75) is 30.4 Å². The van der Waals surface area contributed by atoms with Crippen molar-refractivity contribution >= 4 is 21.4 Å². The van der Waals surface area contributed by atoms with E-state index in [0.29, 0.717) is 0 Å². The number of likely N-dealkylation sites (N-methyl/N-ethyl adjacent to an activating group) is 1. The maximum atomic E-state index is 11.3. The molecule has 1 aromatic carbocycles. The molecule has 0 aliphatic carbocycles. The van der Waals surface area contributed by atoms with Gasteiger partial charge in [0.2, 0.25) is 10.0 Å². The summed E-state index contributed by atoms with van der Waals surface area (Å²) in [6.07, 6.45) is 1.08. The van der Waals surface area contributed by atoms with Gasteiger partial charge >= 0.3 is 0 Å². The normalized spacial score (nSPS) is 23.5. The first-order valence-electron chi connectivity index (χ1n) is 6.07. The molecule has 2 atom stereocenters. The summed E-state index contributed by atoms with van der Waals surface area (Å²) in [5.41, 5.74) is 6.78. The molecule has 2 rings (SSSR count). The van der Waals surface area contributed by atoms with E-state index in [1.807, 2.05) is 14.0 Å². The van der Waals surface area contributed by atoms with Gasteiger partial charge in [0.05, 0.1) is 17.8 Å². The van der Waals surface area contributed by atoms with Crippen molar-refractivity contribution in [2.24, 2.45) is 5.14 Å². The van der Waals surface area contributed by atoms with Crippen molar-refractivity contribution in [3.8, 4) is 0 Å². The first kappa shape index (κ1) is 14.1. The van der Waals surface area contributed by atoms with Crippen molar-refractivity contribution in [2.75, 3.05) is 24.3 Å². The lowest BCUT2D eigenvalue weighted by Gasteiger charge is -2.29. The Morgan fingerprint density at radius 2 is 2.11 bits per heavy atom. The third kappa shape index (κ3) is 2.83. The molecule has 0 spiro atoms. The average Bonchev–Trinajstić information content (AvgIpc) is 2.72. The molecule has 106 valence electrons. The Morgan fingerprint density at radius 1 is 1.42 bits per heavy atom. The number of rotatable bonds is 3. The maximum Gasteiger partial charge on any atom is 0.240 e. The molecule has 1 aliphatic heterocycles. The Morgan fingerprint density at radius 3 is 2.58 bits per heavy atom. The van der Waals surface area contributed by atoms with Crippen LogP contribution in [0.15, 0.2) is 23.1 Å². The number of nitrogens with two attached hydrogens (primary N) is 2. The van der Waals surface area contributed by atoms with Crippen LogP contribution in [0, 0.1) is 0 Å². The maximum absolute atomic E-state index is 11.3. The first-order valence-corrected chi connectivity index (χ1v) is 7.62. The van der Waals surface area contributed by atoms with Gasteiger partial charge in [0.1, 0.15) is 4.90 Å². The zero-order chi connectivity index (χ0) is 14.2. The number of anilines is 2. The molecule has 0 aromatic heterocycles. The second-order valence-corrected chi connectivity index (χ2v) is 6.34. The molecule has 0 saturated carbocycles. The van der Waals surface area contributed by atoms with Crippen LogP contribution in [0.3, 0.4) is 0 Å². The molecule has 19 heavy (non-hydrogen) atoms. The van der Waals surface area contributed by atoms with Gasteiger partial charge in [-0.2, -0.15) is 0 Å². The van der Waals surface area contributed by atoms with Gasteiger partial charge in [0, 0.05) is 19.3 Å². The molecule has 1 aliphatic rings. The predicted octanol–water partition coefficient (Wildman–Crippen LogP) is 0.530. The topological polar surface area (TPSA) is 98.6 Å². The minimum absolute atomic E-state index is 0.0413. The molecule has 6 nitrogen and oxygen atoms in total. The second kappa shape index (κ2) is 4.99. The summed E-state index contributed by atoms with van der Waals surface area (Å²) in [5, 5.41) is 5.09. The van der Waals surface area contributed by atoms with Crippen LogP contribution < -0.4 is 15.8 Å². The highest BCUT2D eigenvalue weighted by Gasteiger charge is 2.28. The second-order valence-electron chi connectivity index (χ2n) is 4.81. The Balaban J connectivity index is 2.29. The lowest BCUT2D eigenvalue weighted by Crippen LogP contribution is -2.36. The highest BCUT2D eigenvalue weighted by Crippen LogP contribution is 2.28. The van der Waals surface area contributed by atoms with E-state index in [1.165, 1.54) is 6.07 Å². The molecular formula is C12H19N3O3S. The number of sulfonamides is 1. The summed E-state index contributed by atoms with van der Waals surface area (Å²) in [6, 6.07) is 5.04. The van der Waals surface area contributed by atoms with Crippen molar-refractivity contribution < 1.29 is 13.2 Å². The van der Waals surface area contributed by atoms with Gasteiger partial charge in [-0.1, -0.05) is 0 Å². The molecule has 1 saturated heterocycles. The SMILES string of the molecule is CC1OCCC1N(C)c1ccc(S(N)(=O)=O)c(N)c1. The summed E-state index contributed by atoms with van der Waals surface area (Å²) in [6.45, 7) is 2.76. The van der Waals surface area contributed by atoms with Gasteiger partial charge in [-0.25, -0.2) is 13.6 Å².